The first-order chi connectivity index (χ1) is 17.0. The molecule has 178 valence electrons. The van der Waals surface area contributed by atoms with Crippen LogP contribution in [0.5, 0.6) is 0 Å². The van der Waals surface area contributed by atoms with Gasteiger partial charge in [0.15, 0.2) is 11.0 Å². The molecule has 0 radical (unpaired) electrons. The maximum atomic E-state index is 14.5. The molecule has 0 saturated heterocycles. The van der Waals surface area contributed by atoms with Gasteiger partial charge in [0.1, 0.15) is 11.6 Å². The Morgan fingerprint density at radius 2 is 1.89 bits per heavy atom. The molecule has 0 saturated carbocycles. The van der Waals surface area contributed by atoms with Crippen LogP contribution in [-0.4, -0.2) is 31.4 Å². The van der Waals surface area contributed by atoms with Gasteiger partial charge in [-0.2, -0.15) is 0 Å². The fraction of sp³-hybridized carbons (Fsp3) is 0.200. The predicted molar refractivity (Wildman–Crippen MR) is 128 cm³/mol. The molecule has 0 bridgehead atoms. The van der Waals surface area contributed by atoms with E-state index in [0.717, 1.165) is 42.3 Å². The van der Waals surface area contributed by atoms with Crippen molar-refractivity contribution in [2.75, 3.05) is 5.75 Å². The Balaban J connectivity index is 1.38. The van der Waals surface area contributed by atoms with E-state index in [1.807, 2.05) is 0 Å². The molecule has 1 aliphatic carbocycles. The quantitative estimate of drug-likeness (QED) is 0.393. The number of hydrogen-bond donors (Lipinski definition) is 2. The van der Waals surface area contributed by atoms with Crippen LogP contribution in [0.3, 0.4) is 0 Å². The van der Waals surface area contributed by atoms with Crippen LogP contribution in [-0.2, 0) is 11.2 Å². The molecule has 5 rings (SSSR count). The summed E-state index contributed by atoms with van der Waals surface area (Å²) in [7, 11) is 0. The highest BCUT2D eigenvalue weighted by Gasteiger charge is 2.24. The lowest BCUT2D eigenvalue weighted by atomic mass is 9.91. The molecule has 2 aromatic carbocycles. The Morgan fingerprint density at radius 1 is 1.09 bits per heavy atom. The summed E-state index contributed by atoms with van der Waals surface area (Å²) in [5, 5.41) is 11.8. The molecule has 35 heavy (non-hydrogen) atoms. The van der Waals surface area contributed by atoms with Crippen LogP contribution in [0.4, 0.5) is 8.78 Å². The van der Waals surface area contributed by atoms with Crippen molar-refractivity contribution in [2.45, 2.75) is 30.5 Å². The van der Waals surface area contributed by atoms with Crippen LogP contribution in [0.1, 0.15) is 30.1 Å². The summed E-state index contributed by atoms with van der Waals surface area (Å²) in [5.41, 5.74) is 2.41. The lowest BCUT2D eigenvalue weighted by molar-refractivity contribution is -0.119. The van der Waals surface area contributed by atoms with Crippen molar-refractivity contribution in [3.8, 4) is 17.1 Å². The number of nitrogens with zero attached hydrogens (tertiary/aromatic N) is 3. The van der Waals surface area contributed by atoms with E-state index < -0.39 is 11.6 Å². The number of carbonyl (C=O) groups excluding carboxylic acids is 1. The van der Waals surface area contributed by atoms with Gasteiger partial charge in [-0.15, -0.1) is 10.2 Å². The zero-order valence-electron chi connectivity index (χ0n) is 18.5. The maximum Gasteiger partial charge on any atom is 0.248 e. The zero-order chi connectivity index (χ0) is 24.4. The lowest BCUT2D eigenvalue weighted by Crippen LogP contribution is -2.33. The van der Waals surface area contributed by atoms with Crippen molar-refractivity contribution in [1.82, 2.24) is 25.1 Å². The standard InChI is InChI=1S/C25H21F2N5O2S/c26-15-8-10-16(11-9-15)32-24(17-4-1-2-5-19(17)27)30-31-25(32)35-14-23(34)29-21-7-3-6-20-18(21)12-13-22(33)28-20/h1-2,4-5,8-13,21H,3,6-7,14H2,(H,28,33)(H,29,34). The SMILES string of the molecule is O=C(CSc1nnc(-c2ccccc2F)n1-c1ccc(F)cc1)NC1CCCc2[nH]c(=O)ccc21. The summed E-state index contributed by atoms with van der Waals surface area (Å²) in [5.74, 6) is -0.780. The van der Waals surface area contributed by atoms with Crippen molar-refractivity contribution in [3.05, 3.63) is 93.9 Å². The number of H-pyrrole nitrogens is 1. The van der Waals surface area contributed by atoms with Crippen molar-refractivity contribution in [3.63, 3.8) is 0 Å². The number of amides is 1. The minimum absolute atomic E-state index is 0.0474. The topological polar surface area (TPSA) is 92.7 Å². The second kappa shape index (κ2) is 9.83. The summed E-state index contributed by atoms with van der Waals surface area (Å²) in [6.45, 7) is 0. The third-order valence-electron chi connectivity index (χ3n) is 5.83. The van der Waals surface area contributed by atoms with Gasteiger partial charge in [0.25, 0.3) is 0 Å². The zero-order valence-corrected chi connectivity index (χ0v) is 19.3. The number of benzene rings is 2. The highest BCUT2D eigenvalue weighted by Crippen LogP contribution is 2.30. The smallest absolute Gasteiger partial charge is 0.248 e. The highest BCUT2D eigenvalue weighted by atomic mass is 32.2. The van der Waals surface area contributed by atoms with Gasteiger partial charge in [-0.1, -0.05) is 23.9 Å². The van der Waals surface area contributed by atoms with Gasteiger partial charge in [-0.25, -0.2) is 8.78 Å². The number of carbonyl (C=O) groups is 1. The minimum Gasteiger partial charge on any atom is -0.349 e. The first kappa shape index (κ1) is 23.0. The average molecular weight is 494 g/mol. The summed E-state index contributed by atoms with van der Waals surface area (Å²) >= 11 is 1.15. The number of thioether (sulfide) groups is 1. The Morgan fingerprint density at radius 3 is 2.69 bits per heavy atom. The molecule has 1 unspecified atom stereocenters. The van der Waals surface area contributed by atoms with Gasteiger partial charge >= 0.3 is 0 Å². The number of aryl methyl sites for hydroxylation is 1. The number of aromatic amines is 1. The molecular formula is C25H21F2N5O2S. The normalized spacial score (nSPS) is 15.0. The van der Waals surface area contributed by atoms with Gasteiger partial charge in [-0.05, 0) is 67.3 Å². The van der Waals surface area contributed by atoms with Crippen molar-refractivity contribution in [1.29, 1.82) is 0 Å². The largest absolute Gasteiger partial charge is 0.349 e. The molecule has 2 heterocycles. The van der Waals surface area contributed by atoms with E-state index >= 15 is 0 Å². The fourth-order valence-corrected chi connectivity index (χ4v) is 4.98. The van der Waals surface area contributed by atoms with E-state index in [-0.39, 0.29) is 34.6 Å². The maximum absolute atomic E-state index is 14.5. The molecule has 1 atom stereocenters. The van der Waals surface area contributed by atoms with Gasteiger partial charge in [0, 0.05) is 17.4 Å². The Hall–Kier alpha value is -3.79. The van der Waals surface area contributed by atoms with Crippen LogP contribution in [0, 0.1) is 11.6 Å². The number of hydrogen-bond acceptors (Lipinski definition) is 5. The van der Waals surface area contributed by atoms with Crippen LogP contribution in [0.15, 0.2) is 70.6 Å². The van der Waals surface area contributed by atoms with E-state index in [1.165, 1.54) is 24.3 Å². The second-order valence-electron chi connectivity index (χ2n) is 8.16. The first-order valence-corrected chi connectivity index (χ1v) is 12.1. The third kappa shape index (κ3) is 4.88. The van der Waals surface area contributed by atoms with Crippen molar-refractivity contribution >= 4 is 17.7 Å². The number of aromatic nitrogens is 4. The van der Waals surface area contributed by atoms with Crippen LogP contribution in [0.2, 0.25) is 0 Å². The van der Waals surface area contributed by atoms with Crippen LogP contribution < -0.4 is 10.9 Å². The average Bonchev–Trinajstić information content (AvgIpc) is 3.27. The molecular weight excluding hydrogens is 472 g/mol. The van der Waals surface area contributed by atoms with E-state index in [9.17, 15) is 18.4 Å². The van der Waals surface area contributed by atoms with Gasteiger partial charge in [0.2, 0.25) is 11.5 Å². The van der Waals surface area contributed by atoms with Crippen LogP contribution >= 0.6 is 11.8 Å². The lowest BCUT2D eigenvalue weighted by Gasteiger charge is -2.25. The molecule has 0 aliphatic heterocycles. The summed E-state index contributed by atoms with van der Waals surface area (Å²) in [6.07, 6.45) is 2.40. The van der Waals surface area contributed by atoms with Crippen LogP contribution in [0.25, 0.3) is 17.1 Å². The van der Waals surface area contributed by atoms with E-state index in [0.29, 0.717) is 10.8 Å². The molecule has 1 amide bonds. The number of halogens is 2. The Labute approximate surface area is 203 Å². The second-order valence-corrected chi connectivity index (χ2v) is 9.10. The molecule has 4 aromatic rings. The van der Waals surface area contributed by atoms with E-state index in [4.69, 9.17) is 0 Å². The Bertz CT molecular complexity index is 1430. The van der Waals surface area contributed by atoms with Crippen molar-refractivity contribution < 1.29 is 13.6 Å². The van der Waals surface area contributed by atoms with Gasteiger partial charge in [0.05, 0.1) is 17.4 Å². The van der Waals surface area contributed by atoms with Gasteiger partial charge in [-0.3, -0.25) is 14.2 Å². The number of fused-ring (bicyclic) bond motifs is 1. The molecule has 0 spiro atoms. The number of rotatable bonds is 6. The monoisotopic (exact) mass is 493 g/mol. The molecule has 2 aromatic heterocycles. The van der Waals surface area contributed by atoms with Crippen molar-refractivity contribution in [2.24, 2.45) is 0 Å². The Kier molecular flexibility index (Phi) is 6.45. The molecule has 0 fully saturated rings. The minimum atomic E-state index is -0.466. The summed E-state index contributed by atoms with van der Waals surface area (Å²) in [4.78, 5) is 27.3. The van der Waals surface area contributed by atoms with E-state index in [1.54, 1.807) is 41.0 Å². The first-order valence-electron chi connectivity index (χ1n) is 11.1. The molecule has 1 aliphatic rings. The fourth-order valence-electron chi connectivity index (χ4n) is 4.22. The molecule has 7 nitrogen and oxygen atoms in total. The molecule has 10 heteroatoms. The third-order valence-corrected chi connectivity index (χ3v) is 6.76. The molecule has 2 N–H and O–H groups in total. The van der Waals surface area contributed by atoms with Gasteiger partial charge < -0.3 is 10.3 Å². The number of pyridine rings is 1. The summed E-state index contributed by atoms with van der Waals surface area (Å²) < 4.78 is 29.7. The highest BCUT2D eigenvalue weighted by molar-refractivity contribution is 7.99. The number of nitrogens with one attached hydrogen (secondary N) is 2. The summed E-state index contributed by atoms with van der Waals surface area (Å²) in [6, 6.07) is 14.9. The van der Waals surface area contributed by atoms with E-state index in [2.05, 4.69) is 20.5 Å². The predicted octanol–water partition coefficient (Wildman–Crippen LogP) is 4.19.